The maximum Gasteiger partial charge on any atom is 0.257 e. The fraction of sp³-hybridized carbons (Fsp3) is 0.168. The van der Waals surface area contributed by atoms with E-state index in [-0.39, 0.29) is 100 Å². The number of fused-ring (bicyclic) bond motifs is 4. The lowest BCUT2D eigenvalue weighted by Gasteiger charge is -2.36. The Bertz CT molecular complexity index is 6550. The molecule has 5 aliphatic rings. The van der Waals surface area contributed by atoms with Gasteiger partial charge in [-0.15, -0.1) is 0 Å². The zero-order chi connectivity index (χ0) is 97.1. The summed E-state index contributed by atoms with van der Waals surface area (Å²) in [5, 5.41) is 57.3. The normalized spacial score (nSPS) is 13.0. The molecule has 0 radical (unpaired) electrons. The molecule has 0 saturated carbocycles. The Hall–Kier alpha value is -17.4. The van der Waals surface area contributed by atoms with Crippen molar-refractivity contribution in [2.24, 2.45) is 0 Å². The predicted octanol–water partition coefficient (Wildman–Crippen LogP) is 16.3. The molecular formula is C101H102F2N24O11. The Balaban J connectivity index is 0.000000148. The fourth-order valence-electron chi connectivity index (χ4n) is 14.7. The summed E-state index contributed by atoms with van der Waals surface area (Å²) < 4.78 is 51.9. The fourth-order valence-corrected chi connectivity index (χ4v) is 14.7. The van der Waals surface area contributed by atoms with Gasteiger partial charge in [-0.05, 0) is 189 Å². The number of pyridine rings is 2. The van der Waals surface area contributed by atoms with Gasteiger partial charge in [-0.3, -0.25) is 33.7 Å². The molecule has 5 aliphatic heterocycles. The first kappa shape index (κ1) is 96.6. The SMILES string of the molecule is C=CC(=C)Nc1cccc(Nc2nc(Nc3ccc(N4CCN(CC(C)O)CC4)cc3)c3c(c2F)CNC3=O)c1.C=CC(=C)Nc1cccc(Nc2nc(Nc3ccc(OCCOC)cc3)c3c(c2F)CNC3=O)c1.C=CC(=O)Nc1cccc(Nc2nc3c(c(Nc4ccc(OCCOC)cc4)n2)C(=O)NC3)c1.C=CC(=O)Nc1cccc(Nc2nc3c(c(Nc4ccccc4)n2)C(=O)NC3)c1. The second-order valence-electron chi connectivity index (χ2n) is 31.3. The first-order valence-electron chi connectivity index (χ1n) is 43.7. The number of nitrogens with zero attached hydrogens (tertiary/aromatic N) is 8. The molecule has 35 nitrogen and oxygen atoms in total. The van der Waals surface area contributed by atoms with Crippen LogP contribution >= 0.6 is 0 Å². The van der Waals surface area contributed by atoms with Crippen molar-refractivity contribution in [3.8, 4) is 11.5 Å². The summed E-state index contributed by atoms with van der Waals surface area (Å²) in [5.74, 6) is 0.440. The van der Waals surface area contributed by atoms with Gasteiger partial charge in [0.05, 0.1) is 54.9 Å². The van der Waals surface area contributed by atoms with Crippen molar-refractivity contribution in [3.63, 3.8) is 0 Å². The number of aliphatic hydroxyl groups is 1. The number of aromatic nitrogens is 6. The van der Waals surface area contributed by atoms with Gasteiger partial charge in [0.1, 0.15) is 59.1 Å². The number of nitrogens with one attached hydrogen (secondary N) is 16. The minimum Gasteiger partial charge on any atom is -0.491 e. The number of para-hydroxylation sites is 1. The Kier molecular flexibility index (Phi) is 32.4. The van der Waals surface area contributed by atoms with Crippen LogP contribution in [0.1, 0.15) is 70.9 Å². The van der Waals surface area contributed by atoms with Crippen molar-refractivity contribution in [1.82, 2.24) is 56.1 Å². The number of β-amino-alcohol motifs (C(OH)–C–C–N with tert-alkyl or cyclic N) is 1. The number of carbonyl (C=O) groups excluding carboxylic acids is 6. The number of methoxy groups -OCH3 is 2. The summed E-state index contributed by atoms with van der Waals surface area (Å²) in [6.45, 7) is 30.7. The monoisotopic (exact) mass is 1860 g/mol. The zero-order valence-electron chi connectivity index (χ0n) is 75.7. The van der Waals surface area contributed by atoms with Crippen LogP contribution in [0.5, 0.6) is 11.5 Å². The number of halogens is 2. The second-order valence-corrected chi connectivity index (χ2v) is 31.3. The minimum atomic E-state index is -0.584. The van der Waals surface area contributed by atoms with Crippen molar-refractivity contribution in [1.29, 1.82) is 0 Å². The van der Waals surface area contributed by atoms with E-state index in [4.69, 9.17) is 18.9 Å². The standard InChI is InChI=1S/C30H34FN7O2.C26H26FN5O3.C24H24N6O4.C21H18N6O2/c1-4-19(2)33-22-6-5-7-23(16-22)35-29-27(31)25-17-32-30(40)26(25)28(36-29)34-21-8-10-24(11-9-21)38-14-12-37(13-15-38)18-20(3)39;1-4-16(2)29-18-6-5-7-19(14-18)31-25-23(27)21-15-28-26(33)22(21)24(32-25)30-17-8-10-20(11-9-17)35-13-12-34-3;1-3-20(31)26-16-5-4-6-17(13-16)28-24-29-19-14-25-23(32)21(19)22(30-24)27-15-7-9-18(10-8-15)34-12-11-33-2;1-2-17(28)23-14-9-6-10-15(11-14)25-21-26-16-12-22-20(29)18(16)19(27-21)24-13-7-4-3-5-8-13/h4-11,16,20,33,39H,1-2,12-15,17-18H2,3H3,(H,32,40)(H2,34,35,36);4-11,14,29H,1-2,12-13,15H2,3H3,(H,28,33)(H2,30,31,32);3-10,13H,1,11-12,14H2,2H3,(H,25,32)(H,26,31)(H2,27,28,29,30);2-11H,1,12H2,(H,22,29)(H,23,28)(H2,24,25,26,27). The highest BCUT2D eigenvalue weighted by Gasteiger charge is 2.34. The van der Waals surface area contributed by atoms with Gasteiger partial charge in [0.2, 0.25) is 23.7 Å². The van der Waals surface area contributed by atoms with Gasteiger partial charge in [-0.25, -0.2) is 28.7 Å². The number of rotatable bonds is 37. The minimum absolute atomic E-state index is 0.00182. The molecule has 0 spiro atoms. The van der Waals surface area contributed by atoms with Crippen molar-refractivity contribution in [3.05, 3.63) is 332 Å². The maximum absolute atomic E-state index is 15.5. The number of anilines is 21. The average molecular weight is 1870 g/mol. The maximum atomic E-state index is 15.5. The Labute approximate surface area is 794 Å². The predicted molar refractivity (Wildman–Crippen MR) is 534 cm³/mol. The first-order chi connectivity index (χ1) is 66.9. The van der Waals surface area contributed by atoms with E-state index in [0.717, 1.165) is 60.3 Å². The Morgan fingerprint density at radius 3 is 1.10 bits per heavy atom. The molecule has 9 heterocycles. The molecule has 17 N–H and O–H groups in total. The van der Waals surface area contributed by atoms with Crippen molar-refractivity contribution < 1.29 is 61.6 Å². The molecule has 1 saturated heterocycles. The van der Waals surface area contributed by atoms with Gasteiger partial charge in [-0.1, -0.05) is 81.9 Å². The zero-order valence-corrected chi connectivity index (χ0v) is 75.7. The second kappa shape index (κ2) is 46.3. The van der Waals surface area contributed by atoms with E-state index in [0.29, 0.717) is 155 Å². The summed E-state index contributed by atoms with van der Waals surface area (Å²) in [6.07, 6.45) is 5.28. The molecule has 1 atom stereocenters. The first-order valence-corrected chi connectivity index (χ1v) is 43.7. The lowest BCUT2D eigenvalue weighted by molar-refractivity contribution is -0.112. The van der Waals surface area contributed by atoms with Gasteiger partial charge in [0.25, 0.3) is 23.6 Å². The van der Waals surface area contributed by atoms with Crippen LogP contribution in [-0.2, 0) is 45.2 Å². The summed E-state index contributed by atoms with van der Waals surface area (Å²) in [6, 6.07) is 60.6. The summed E-state index contributed by atoms with van der Waals surface area (Å²) in [7, 11) is 3.23. The lowest BCUT2D eigenvalue weighted by atomic mass is 10.1. The van der Waals surface area contributed by atoms with E-state index in [9.17, 15) is 33.9 Å². The van der Waals surface area contributed by atoms with Crippen LogP contribution in [0, 0.1) is 11.6 Å². The van der Waals surface area contributed by atoms with Crippen LogP contribution in [-0.4, -0.2) is 155 Å². The molecule has 706 valence electrons. The lowest BCUT2D eigenvalue weighted by Crippen LogP contribution is -2.48. The smallest absolute Gasteiger partial charge is 0.257 e. The molecule has 8 aromatic carbocycles. The summed E-state index contributed by atoms with van der Waals surface area (Å²) >= 11 is 0. The molecule has 17 rings (SSSR count). The van der Waals surface area contributed by atoms with E-state index in [1.807, 2.05) is 128 Å². The van der Waals surface area contributed by atoms with E-state index in [1.165, 1.54) is 12.2 Å². The van der Waals surface area contributed by atoms with Crippen molar-refractivity contribution in [2.75, 3.05) is 142 Å². The topological polar surface area (TPSA) is 436 Å². The summed E-state index contributed by atoms with van der Waals surface area (Å²) in [4.78, 5) is 104. The van der Waals surface area contributed by atoms with Crippen LogP contribution in [0.25, 0.3) is 0 Å². The van der Waals surface area contributed by atoms with Gasteiger partial charge in [-0.2, -0.15) is 9.97 Å². The highest BCUT2D eigenvalue weighted by Crippen LogP contribution is 2.38. The number of hydrogen-bond donors (Lipinski definition) is 17. The van der Waals surface area contributed by atoms with E-state index in [2.05, 4.69) is 164 Å². The van der Waals surface area contributed by atoms with Crippen LogP contribution in [0.2, 0.25) is 0 Å². The van der Waals surface area contributed by atoms with Crippen LogP contribution in [0.3, 0.4) is 0 Å². The molecule has 4 aromatic heterocycles. The number of allylic oxidation sites excluding steroid dienone is 2. The third-order valence-electron chi connectivity index (χ3n) is 21.3. The molecule has 1 unspecified atom stereocenters. The van der Waals surface area contributed by atoms with E-state index < -0.39 is 11.6 Å². The molecule has 37 heteroatoms. The molecule has 0 aliphatic carbocycles. The van der Waals surface area contributed by atoms with E-state index >= 15 is 8.78 Å². The number of piperazine rings is 1. The number of aliphatic hydroxyl groups excluding tert-OH is 1. The number of carbonyl (C=O) groups is 6. The van der Waals surface area contributed by atoms with Crippen molar-refractivity contribution in [2.45, 2.75) is 39.2 Å². The van der Waals surface area contributed by atoms with Crippen LogP contribution in [0.15, 0.2) is 275 Å². The van der Waals surface area contributed by atoms with Gasteiger partial charge < -0.3 is 114 Å². The highest BCUT2D eigenvalue weighted by molar-refractivity contribution is 6.07. The van der Waals surface area contributed by atoms with E-state index in [1.54, 1.807) is 105 Å². The van der Waals surface area contributed by atoms with Crippen molar-refractivity contribution >= 4 is 156 Å². The third-order valence-corrected chi connectivity index (χ3v) is 21.3. The molecule has 6 amide bonds. The Morgan fingerprint density at radius 2 is 0.725 bits per heavy atom. The third kappa shape index (κ3) is 25.7. The number of amides is 6. The average Bonchev–Trinajstić information content (AvgIpc) is 1.63. The Morgan fingerprint density at radius 1 is 0.391 bits per heavy atom. The molecule has 0 bridgehead atoms. The van der Waals surface area contributed by atoms with Gasteiger partial charge >= 0.3 is 0 Å². The number of hydrogen-bond acceptors (Lipinski definition) is 29. The van der Waals surface area contributed by atoms with Crippen LogP contribution < -0.4 is 99.4 Å². The molecule has 138 heavy (non-hydrogen) atoms. The van der Waals surface area contributed by atoms with Crippen LogP contribution in [0.4, 0.5) is 130 Å². The van der Waals surface area contributed by atoms with Gasteiger partial charge in [0, 0.05) is 156 Å². The number of ether oxygens (including phenoxy) is 4. The molecule has 1 fully saturated rings. The summed E-state index contributed by atoms with van der Waals surface area (Å²) in [5.41, 5.74) is 13.6. The van der Waals surface area contributed by atoms with Gasteiger partial charge in [0.15, 0.2) is 23.3 Å². The highest BCUT2D eigenvalue weighted by atomic mass is 19.1. The molecule has 12 aromatic rings. The molecular weight excluding hydrogens is 1760 g/mol. The largest absolute Gasteiger partial charge is 0.491 e. The quantitative estimate of drug-likeness (QED) is 0.00977. The number of benzene rings is 8.